The lowest BCUT2D eigenvalue weighted by atomic mass is 9.91. The third kappa shape index (κ3) is 6.88. The lowest BCUT2D eigenvalue weighted by Gasteiger charge is -2.30. The summed E-state index contributed by atoms with van der Waals surface area (Å²) in [6.45, 7) is 3.30. The summed E-state index contributed by atoms with van der Waals surface area (Å²) in [5.74, 6) is -0.966. The van der Waals surface area contributed by atoms with Crippen molar-refractivity contribution in [2.24, 2.45) is 11.8 Å². The standard InChI is InChI=1S/C18H24F2O4.ClH/c1-12-9-22-10-15(8-14-6-4-3-5-7-14)17(23-11-16(19)20)13(2)24-18(12)21;/h3-7,12-13,15-17H,8-11H2,1-2H3;1H/p-1/t12-,13-,15-,17-;/m0./s1. The van der Waals surface area contributed by atoms with Crippen LogP contribution in [-0.2, 0) is 25.4 Å². The number of benzene rings is 1. The predicted octanol–water partition coefficient (Wildman–Crippen LogP) is 0.0976. The summed E-state index contributed by atoms with van der Waals surface area (Å²) in [6, 6.07) is 9.70. The molecule has 0 amide bonds. The topological polar surface area (TPSA) is 44.8 Å². The zero-order chi connectivity index (χ0) is 17.5. The van der Waals surface area contributed by atoms with Crippen LogP contribution in [0.3, 0.4) is 0 Å². The molecule has 142 valence electrons. The molecule has 1 aromatic carbocycles. The summed E-state index contributed by atoms with van der Waals surface area (Å²) < 4.78 is 41.7. The van der Waals surface area contributed by atoms with Crippen molar-refractivity contribution >= 4 is 5.97 Å². The smallest absolute Gasteiger partial charge is 0.311 e. The largest absolute Gasteiger partial charge is 1.00 e. The maximum atomic E-state index is 12.6. The number of ether oxygens (including phenoxy) is 3. The summed E-state index contributed by atoms with van der Waals surface area (Å²) >= 11 is 0. The van der Waals surface area contributed by atoms with E-state index in [0.717, 1.165) is 5.56 Å². The number of rotatable bonds is 5. The van der Waals surface area contributed by atoms with E-state index in [1.54, 1.807) is 13.8 Å². The van der Waals surface area contributed by atoms with Gasteiger partial charge in [-0.2, -0.15) is 0 Å². The van der Waals surface area contributed by atoms with E-state index < -0.39 is 37.1 Å². The highest BCUT2D eigenvalue weighted by molar-refractivity contribution is 5.72. The van der Waals surface area contributed by atoms with Crippen LogP contribution in [-0.4, -0.2) is 44.4 Å². The molecule has 25 heavy (non-hydrogen) atoms. The zero-order valence-corrected chi connectivity index (χ0v) is 15.1. The first-order chi connectivity index (χ1) is 11.5. The molecule has 1 saturated heterocycles. The second-order valence-corrected chi connectivity index (χ2v) is 6.22. The highest BCUT2D eigenvalue weighted by Crippen LogP contribution is 2.23. The molecular weight excluding hydrogens is 354 g/mol. The molecule has 0 aromatic heterocycles. The minimum Gasteiger partial charge on any atom is -1.00 e. The van der Waals surface area contributed by atoms with Crippen LogP contribution in [0.1, 0.15) is 19.4 Å². The van der Waals surface area contributed by atoms with Crippen LogP contribution in [0.2, 0.25) is 0 Å². The van der Waals surface area contributed by atoms with Crippen molar-refractivity contribution in [2.45, 2.75) is 38.9 Å². The molecule has 1 aromatic rings. The van der Waals surface area contributed by atoms with E-state index in [1.165, 1.54) is 0 Å². The van der Waals surface area contributed by atoms with E-state index in [1.807, 2.05) is 30.3 Å². The Kier molecular flexibility index (Phi) is 9.32. The van der Waals surface area contributed by atoms with Gasteiger partial charge in [-0.3, -0.25) is 4.79 Å². The SMILES string of the molecule is C[C@@H]1OC(=O)[C@@H](C)COC[C@H](Cc2ccccc2)[C@H]1OCC(F)F.[Cl-]. The number of carbonyl (C=O) groups excluding carboxylic acids is 1. The van der Waals surface area contributed by atoms with Crippen molar-refractivity contribution in [3.05, 3.63) is 35.9 Å². The number of carbonyl (C=O) groups is 1. The van der Waals surface area contributed by atoms with Gasteiger partial charge in [-0.1, -0.05) is 30.3 Å². The maximum Gasteiger partial charge on any atom is 0.311 e. The minimum atomic E-state index is -2.57. The first kappa shape index (κ1) is 21.8. The van der Waals surface area contributed by atoms with Crippen LogP contribution in [0.5, 0.6) is 0 Å². The lowest BCUT2D eigenvalue weighted by Crippen LogP contribution is -3.00. The Labute approximate surface area is 153 Å². The molecule has 4 nitrogen and oxygen atoms in total. The number of hydrogen-bond donors (Lipinski definition) is 0. The highest BCUT2D eigenvalue weighted by atomic mass is 35.5. The fraction of sp³-hybridized carbons (Fsp3) is 0.611. The highest BCUT2D eigenvalue weighted by Gasteiger charge is 2.34. The fourth-order valence-corrected chi connectivity index (χ4v) is 2.86. The minimum absolute atomic E-state index is 0. The molecule has 1 aliphatic heterocycles. The molecule has 0 saturated carbocycles. The molecule has 0 spiro atoms. The molecule has 7 heteroatoms. The van der Waals surface area contributed by atoms with Crippen LogP contribution in [0.15, 0.2) is 30.3 Å². The normalized spacial score (nSPS) is 27.6. The average molecular weight is 378 g/mol. The van der Waals surface area contributed by atoms with Crippen LogP contribution in [0.4, 0.5) is 8.78 Å². The molecule has 0 aliphatic carbocycles. The van der Waals surface area contributed by atoms with Crippen molar-refractivity contribution in [3.63, 3.8) is 0 Å². The molecule has 0 radical (unpaired) electrons. The molecule has 2 rings (SSSR count). The second-order valence-electron chi connectivity index (χ2n) is 6.22. The van der Waals surface area contributed by atoms with Crippen LogP contribution < -0.4 is 12.4 Å². The Morgan fingerprint density at radius 1 is 1.20 bits per heavy atom. The Bertz CT molecular complexity index is 515. The third-order valence-electron chi connectivity index (χ3n) is 4.09. The maximum absolute atomic E-state index is 12.6. The first-order valence-electron chi connectivity index (χ1n) is 8.19. The van der Waals surface area contributed by atoms with Gasteiger partial charge in [0.1, 0.15) is 12.7 Å². The summed E-state index contributed by atoms with van der Waals surface area (Å²) in [6.07, 6.45) is -3.23. The van der Waals surface area contributed by atoms with Gasteiger partial charge < -0.3 is 26.6 Å². The second kappa shape index (κ2) is 10.7. The predicted molar refractivity (Wildman–Crippen MR) is 84.9 cm³/mol. The molecule has 4 atom stereocenters. The molecular formula is C18H24ClF2O4-. The van der Waals surface area contributed by atoms with E-state index in [9.17, 15) is 13.6 Å². The number of hydrogen-bond acceptors (Lipinski definition) is 4. The van der Waals surface area contributed by atoms with Gasteiger partial charge in [-0.25, -0.2) is 8.78 Å². The summed E-state index contributed by atoms with van der Waals surface area (Å²) in [4.78, 5) is 12.0. The third-order valence-corrected chi connectivity index (χ3v) is 4.09. The van der Waals surface area contributed by atoms with E-state index in [0.29, 0.717) is 13.0 Å². The Morgan fingerprint density at radius 2 is 1.88 bits per heavy atom. The number of cyclic esters (lactones) is 1. The van der Waals surface area contributed by atoms with Crippen molar-refractivity contribution in [1.29, 1.82) is 0 Å². The van der Waals surface area contributed by atoms with Crippen LogP contribution in [0.25, 0.3) is 0 Å². The quantitative estimate of drug-likeness (QED) is 0.683. The Hall–Kier alpha value is -1.24. The Morgan fingerprint density at radius 3 is 2.52 bits per heavy atom. The monoisotopic (exact) mass is 377 g/mol. The first-order valence-corrected chi connectivity index (χ1v) is 8.19. The van der Waals surface area contributed by atoms with Crippen LogP contribution >= 0.6 is 0 Å². The summed E-state index contributed by atoms with van der Waals surface area (Å²) in [5.41, 5.74) is 1.06. The summed E-state index contributed by atoms with van der Waals surface area (Å²) in [7, 11) is 0. The zero-order valence-electron chi connectivity index (χ0n) is 14.4. The van der Waals surface area contributed by atoms with Gasteiger partial charge >= 0.3 is 5.97 Å². The van der Waals surface area contributed by atoms with Gasteiger partial charge in [-0.15, -0.1) is 0 Å². The molecule has 1 fully saturated rings. The van der Waals surface area contributed by atoms with Gasteiger partial charge in [0.15, 0.2) is 0 Å². The van der Waals surface area contributed by atoms with Crippen molar-refractivity contribution in [1.82, 2.24) is 0 Å². The fourth-order valence-electron chi connectivity index (χ4n) is 2.86. The van der Waals surface area contributed by atoms with E-state index in [2.05, 4.69) is 0 Å². The van der Waals surface area contributed by atoms with E-state index in [4.69, 9.17) is 14.2 Å². The van der Waals surface area contributed by atoms with Gasteiger partial charge in [0.2, 0.25) is 0 Å². The summed E-state index contributed by atoms with van der Waals surface area (Å²) in [5, 5.41) is 0. The van der Waals surface area contributed by atoms with Crippen molar-refractivity contribution in [3.8, 4) is 0 Å². The van der Waals surface area contributed by atoms with E-state index >= 15 is 0 Å². The number of alkyl halides is 2. The average Bonchev–Trinajstić information content (AvgIpc) is 2.58. The number of halogens is 3. The van der Waals surface area contributed by atoms with Gasteiger partial charge in [0.05, 0.1) is 25.2 Å². The Balaban J connectivity index is 0.00000312. The molecule has 1 heterocycles. The molecule has 1 aliphatic rings. The van der Waals surface area contributed by atoms with Crippen LogP contribution in [0, 0.1) is 11.8 Å². The van der Waals surface area contributed by atoms with Gasteiger partial charge in [0.25, 0.3) is 6.43 Å². The number of esters is 1. The van der Waals surface area contributed by atoms with Gasteiger partial charge in [-0.05, 0) is 25.8 Å². The van der Waals surface area contributed by atoms with Crippen molar-refractivity contribution < 1.29 is 40.2 Å². The lowest BCUT2D eigenvalue weighted by molar-refractivity contribution is -0.164. The van der Waals surface area contributed by atoms with E-state index in [-0.39, 0.29) is 24.9 Å². The molecule has 0 bridgehead atoms. The molecule has 0 N–H and O–H groups in total. The van der Waals surface area contributed by atoms with Crippen molar-refractivity contribution in [2.75, 3.05) is 19.8 Å². The van der Waals surface area contributed by atoms with Gasteiger partial charge in [0, 0.05) is 5.92 Å². The molecule has 0 unspecified atom stereocenters.